The van der Waals surface area contributed by atoms with Crippen molar-refractivity contribution in [2.75, 3.05) is 10.2 Å². The summed E-state index contributed by atoms with van der Waals surface area (Å²) in [5.41, 5.74) is 1.30. The van der Waals surface area contributed by atoms with Crippen molar-refractivity contribution in [2.24, 2.45) is 0 Å². The zero-order chi connectivity index (χ0) is 24.2. The van der Waals surface area contributed by atoms with Gasteiger partial charge in [0.15, 0.2) is 0 Å². The Kier molecular flexibility index (Phi) is 7.10. The molecule has 1 aliphatic rings. The summed E-state index contributed by atoms with van der Waals surface area (Å²) in [4.78, 5) is 27.6. The molecule has 1 saturated heterocycles. The number of hydrogen-bond acceptors (Lipinski definition) is 4. The quantitative estimate of drug-likeness (QED) is 0.329. The second-order valence-electron chi connectivity index (χ2n) is 7.34. The van der Waals surface area contributed by atoms with Crippen LogP contribution >= 0.6 is 27.7 Å². The van der Waals surface area contributed by atoms with Crippen LogP contribution in [0.5, 0.6) is 0 Å². The summed E-state index contributed by atoms with van der Waals surface area (Å²) >= 11 is 4.40. The summed E-state index contributed by atoms with van der Waals surface area (Å²) in [7, 11) is 0. The Morgan fingerprint density at radius 1 is 1.00 bits per heavy atom. The number of rotatable bonds is 5. The Morgan fingerprint density at radius 3 is 2.18 bits per heavy atom. The van der Waals surface area contributed by atoms with Gasteiger partial charge in [0.2, 0.25) is 5.91 Å². The number of nitriles is 1. The fourth-order valence-electron chi connectivity index (χ4n) is 3.37. The number of nitrogens with one attached hydrogen (secondary N) is 1. The molecule has 0 aliphatic carbocycles. The van der Waals surface area contributed by atoms with E-state index in [0.717, 1.165) is 21.8 Å². The van der Waals surface area contributed by atoms with Crippen LogP contribution in [0.3, 0.4) is 0 Å². The summed E-state index contributed by atoms with van der Waals surface area (Å²) in [6.45, 7) is 0. The van der Waals surface area contributed by atoms with E-state index < -0.39 is 17.0 Å². The molecule has 1 atom stereocenters. The van der Waals surface area contributed by atoms with E-state index in [1.807, 2.05) is 6.07 Å². The molecule has 2 amide bonds. The van der Waals surface area contributed by atoms with Crippen LogP contribution in [0.4, 0.5) is 20.2 Å². The van der Waals surface area contributed by atoms with Crippen molar-refractivity contribution in [3.63, 3.8) is 0 Å². The molecule has 0 spiro atoms. The Morgan fingerprint density at radius 2 is 1.59 bits per heavy atom. The number of hydrogen-bond donors (Lipinski definition) is 1. The van der Waals surface area contributed by atoms with Crippen molar-refractivity contribution in [3.05, 3.63) is 105 Å². The first-order valence-corrected chi connectivity index (χ1v) is 11.7. The minimum Gasteiger partial charge on any atom is -0.321 e. The highest BCUT2D eigenvalue weighted by atomic mass is 79.9. The van der Waals surface area contributed by atoms with E-state index in [0.29, 0.717) is 11.4 Å². The third-order valence-electron chi connectivity index (χ3n) is 5.03. The summed E-state index contributed by atoms with van der Waals surface area (Å²) in [6.07, 6.45) is 0.262. The fraction of sp³-hybridized carbons (Fsp3) is 0.0800. The molecule has 34 heavy (non-hydrogen) atoms. The molecule has 4 rings (SSSR count). The number of benzene rings is 3. The van der Waals surface area contributed by atoms with E-state index in [4.69, 9.17) is 0 Å². The minimum atomic E-state index is -0.672. The maximum atomic E-state index is 13.5. The van der Waals surface area contributed by atoms with Crippen LogP contribution in [-0.2, 0) is 16.0 Å². The fourth-order valence-corrected chi connectivity index (χ4v) is 4.95. The molecule has 9 heteroatoms. The third kappa shape index (κ3) is 5.19. The Hall–Kier alpha value is -3.48. The highest BCUT2D eigenvalue weighted by Crippen LogP contribution is 2.42. The molecule has 1 N–H and O–H groups in total. The van der Waals surface area contributed by atoms with Gasteiger partial charge in [-0.2, -0.15) is 5.26 Å². The Balaban J connectivity index is 1.71. The van der Waals surface area contributed by atoms with E-state index in [9.17, 15) is 23.6 Å². The van der Waals surface area contributed by atoms with E-state index in [1.165, 1.54) is 41.3 Å². The number of thioether (sulfide) groups is 1. The monoisotopic (exact) mass is 539 g/mol. The van der Waals surface area contributed by atoms with Gasteiger partial charge in [0.25, 0.3) is 5.91 Å². The van der Waals surface area contributed by atoms with Crippen LogP contribution in [0.1, 0.15) is 5.56 Å². The van der Waals surface area contributed by atoms with Crippen molar-refractivity contribution < 1.29 is 18.4 Å². The number of halogens is 3. The van der Waals surface area contributed by atoms with E-state index in [-0.39, 0.29) is 28.7 Å². The lowest BCUT2D eigenvalue weighted by Crippen LogP contribution is -2.30. The van der Waals surface area contributed by atoms with Crippen LogP contribution in [-0.4, -0.2) is 17.1 Å². The molecule has 0 aromatic heterocycles. The molecule has 1 aliphatic heterocycles. The lowest BCUT2D eigenvalue weighted by atomic mass is 10.1. The predicted molar refractivity (Wildman–Crippen MR) is 131 cm³/mol. The van der Waals surface area contributed by atoms with Gasteiger partial charge in [-0.25, -0.2) is 8.78 Å². The molecule has 5 nitrogen and oxygen atoms in total. The SMILES string of the molecule is N#C/C(C(=O)Nc1ccc(Br)cc1)=C1/S[C@@H](Cc2ccc(F)cc2)C(=O)N1c1ccc(F)cc1. The van der Waals surface area contributed by atoms with Gasteiger partial charge >= 0.3 is 0 Å². The van der Waals surface area contributed by atoms with Gasteiger partial charge in [0.1, 0.15) is 28.3 Å². The van der Waals surface area contributed by atoms with E-state index in [1.54, 1.807) is 36.4 Å². The molecule has 0 saturated carbocycles. The minimum absolute atomic E-state index is 0.154. The topological polar surface area (TPSA) is 73.2 Å². The van der Waals surface area contributed by atoms with Crippen LogP contribution in [0, 0.1) is 23.0 Å². The average Bonchev–Trinajstić information content (AvgIpc) is 3.13. The average molecular weight is 540 g/mol. The largest absolute Gasteiger partial charge is 0.321 e. The summed E-state index contributed by atoms with van der Waals surface area (Å²) in [5, 5.41) is 12.0. The van der Waals surface area contributed by atoms with Crippen LogP contribution in [0.2, 0.25) is 0 Å². The predicted octanol–water partition coefficient (Wildman–Crippen LogP) is 5.79. The zero-order valence-electron chi connectivity index (χ0n) is 17.5. The normalized spacial score (nSPS) is 16.8. The molecule has 0 bridgehead atoms. The second-order valence-corrected chi connectivity index (χ2v) is 9.45. The second kappa shape index (κ2) is 10.2. The molecular weight excluding hydrogens is 524 g/mol. The number of anilines is 2. The van der Waals surface area contributed by atoms with Crippen LogP contribution in [0.15, 0.2) is 87.9 Å². The van der Waals surface area contributed by atoms with Crippen molar-refractivity contribution in [1.29, 1.82) is 5.26 Å². The summed E-state index contributed by atoms with van der Waals surface area (Å²) in [6, 6.07) is 19.7. The maximum Gasteiger partial charge on any atom is 0.269 e. The van der Waals surface area contributed by atoms with Gasteiger partial charge in [0.05, 0.1) is 5.25 Å². The van der Waals surface area contributed by atoms with Crippen molar-refractivity contribution >= 4 is 50.9 Å². The molecular formula is C25H16BrF2N3O2S. The Labute approximate surface area is 207 Å². The number of amides is 2. The van der Waals surface area contributed by atoms with Crippen molar-refractivity contribution in [2.45, 2.75) is 11.7 Å². The van der Waals surface area contributed by atoms with E-state index >= 15 is 0 Å². The van der Waals surface area contributed by atoms with Gasteiger partial charge in [-0.15, -0.1) is 0 Å². The zero-order valence-corrected chi connectivity index (χ0v) is 19.9. The molecule has 0 unspecified atom stereocenters. The number of carbonyl (C=O) groups is 2. The summed E-state index contributed by atoms with van der Waals surface area (Å²) < 4.78 is 27.6. The lowest BCUT2D eigenvalue weighted by molar-refractivity contribution is -0.117. The van der Waals surface area contributed by atoms with Gasteiger partial charge in [-0.3, -0.25) is 14.5 Å². The maximum absolute atomic E-state index is 13.5. The van der Waals surface area contributed by atoms with Gasteiger partial charge in [-0.05, 0) is 72.6 Å². The molecule has 3 aromatic carbocycles. The first kappa shape index (κ1) is 23.7. The van der Waals surface area contributed by atoms with Gasteiger partial charge in [-0.1, -0.05) is 39.8 Å². The molecule has 0 radical (unpaired) electrons. The molecule has 3 aromatic rings. The Bertz CT molecular complexity index is 1300. The van der Waals surface area contributed by atoms with Crippen LogP contribution in [0.25, 0.3) is 0 Å². The number of nitrogens with zero attached hydrogens (tertiary/aromatic N) is 2. The van der Waals surface area contributed by atoms with E-state index in [2.05, 4.69) is 21.2 Å². The lowest BCUT2D eigenvalue weighted by Gasteiger charge is -2.18. The standard InChI is InChI=1S/C25H16BrF2N3O2S/c26-16-3-9-19(10-4-16)30-23(32)21(14-29)25-31(20-11-7-18(28)8-12-20)24(33)22(34-25)13-15-1-5-17(27)6-2-15/h1-12,22H,13H2,(H,30,32)/b25-21-/t22-/m0/s1. The number of carbonyl (C=O) groups excluding carboxylic acids is 2. The smallest absolute Gasteiger partial charge is 0.269 e. The van der Waals surface area contributed by atoms with Gasteiger partial charge < -0.3 is 5.32 Å². The third-order valence-corrected chi connectivity index (χ3v) is 6.82. The molecule has 1 heterocycles. The highest BCUT2D eigenvalue weighted by molar-refractivity contribution is 9.10. The first-order chi connectivity index (χ1) is 16.4. The van der Waals surface area contributed by atoms with Gasteiger partial charge in [0, 0.05) is 15.8 Å². The summed E-state index contributed by atoms with van der Waals surface area (Å²) in [5.74, 6) is -1.90. The first-order valence-electron chi connectivity index (χ1n) is 10.1. The molecule has 1 fully saturated rings. The van der Waals surface area contributed by atoms with Crippen LogP contribution < -0.4 is 10.2 Å². The molecule has 170 valence electrons. The van der Waals surface area contributed by atoms with Crippen molar-refractivity contribution in [3.8, 4) is 6.07 Å². The van der Waals surface area contributed by atoms with Crippen molar-refractivity contribution in [1.82, 2.24) is 0 Å². The highest BCUT2D eigenvalue weighted by Gasteiger charge is 2.40.